The normalized spacial score (nSPS) is 16.5. The van der Waals surface area contributed by atoms with Crippen LogP contribution in [0.1, 0.15) is 48.5 Å². The summed E-state index contributed by atoms with van der Waals surface area (Å²) in [7, 11) is 0. The van der Waals surface area contributed by atoms with E-state index in [0.29, 0.717) is 17.2 Å². The van der Waals surface area contributed by atoms with E-state index in [4.69, 9.17) is 5.11 Å². The number of carboxylic acids is 1. The summed E-state index contributed by atoms with van der Waals surface area (Å²) in [5.74, 6) is -0.446. The third kappa shape index (κ3) is 3.74. The summed E-state index contributed by atoms with van der Waals surface area (Å²) in [6.07, 6.45) is 4.79. The largest absolute Gasteiger partial charge is 0.478 e. The Bertz CT molecular complexity index is 536. The van der Waals surface area contributed by atoms with Gasteiger partial charge in [-0.2, -0.15) is 0 Å². The number of benzene rings is 1. The van der Waals surface area contributed by atoms with E-state index in [0.717, 1.165) is 12.8 Å². The summed E-state index contributed by atoms with van der Waals surface area (Å²) in [5, 5.41) is 14.8. The summed E-state index contributed by atoms with van der Waals surface area (Å²) in [5.41, 5.74) is 1.30. The quantitative estimate of drug-likeness (QED) is 0.795. The number of carbonyl (C=O) groups excluding carboxylic acids is 1. The lowest BCUT2D eigenvalue weighted by atomic mass is 10.0. The van der Waals surface area contributed by atoms with Gasteiger partial charge >= 0.3 is 12.0 Å². The number of hydrogen-bond acceptors (Lipinski definition) is 2. The van der Waals surface area contributed by atoms with Crippen molar-refractivity contribution in [1.29, 1.82) is 0 Å². The van der Waals surface area contributed by atoms with E-state index in [1.807, 2.05) is 6.92 Å². The van der Waals surface area contributed by atoms with Crippen LogP contribution in [0.15, 0.2) is 18.2 Å². The highest BCUT2D eigenvalue weighted by atomic mass is 16.4. The fourth-order valence-corrected chi connectivity index (χ4v) is 2.94. The molecule has 1 saturated carbocycles. The molecule has 1 aliphatic rings. The average molecular weight is 290 g/mol. The van der Waals surface area contributed by atoms with Gasteiger partial charge in [0.1, 0.15) is 0 Å². The van der Waals surface area contributed by atoms with Crippen molar-refractivity contribution in [2.45, 2.75) is 45.6 Å². The topological polar surface area (TPSA) is 78.4 Å². The van der Waals surface area contributed by atoms with Crippen LogP contribution in [0.25, 0.3) is 0 Å². The van der Waals surface area contributed by atoms with Crippen LogP contribution in [-0.4, -0.2) is 23.1 Å². The summed E-state index contributed by atoms with van der Waals surface area (Å²) < 4.78 is 0. The number of nitrogens with one attached hydrogen (secondary N) is 2. The molecule has 0 aromatic heterocycles. The van der Waals surface area contributed by atoms with Crippen LogP contribution in [0.5, 0.6) is 0 Å². The first kappa shape index (κ1) is 15.4. The molecule has 1 aromatic rings. The molecule has 1 aromatic carbocycles. The predicted octanol–water partition coefficient (Wildman–Crippen LogP) is 3.39. The van der Waals surface area contributed by atoms with Crippen LogP contribution in [0, 0.1) is 12.8 Å². The molecule has 5 nitrogen and oxygen atoms in total. The first-order valence-corrected chi connectivity index (χ1v) is 7.39. The number of carbonyl (C=O) groups is 2. The van der Waals surface area contributed by atoms with Gasteiger partial charge in [0, 0.05) is 11.7 Å². The van der Waals surface area contributed by atoms with Crippen molar-refractivity contribution in [3.63, 3.8) is 0 Å². The van der Waals surface area contributed by atoms with Crippen molar-refractivity contribution in [1.82, 2.24) is 5.32 Å². The molecule has 1 atom stereocenters. The van der Waals surface area contributed by atoms with E-state index < -0.39 is 5.97 Å². The summed E-state index contributed by atoms with van der Waals surface area (Å²) in [6, 6.07) is 4.73. The van der Waals surface area contributed by atoms with E-state index in [-0.39, 0.29) is 17.6 Å². The second-order valence-electron chi connectivity index (χ2n) is 5.71. The predicted molar refractivity (Wildman–Crippen MR) is 81.7 cm³/mol. The highest BCUT2D eigenvalue weighted by Gasteiger charge is 2.23. The van der Waals surface area contributed by atoms with E-state index >= 15 is 0 Å². The highest BCUT2D eigenvalue weighted by Crippen LogP contribution is 2.27. The molecule has 1 aliphatic carbocycles. The van der Waals surface area contributed by atoms with Crippen LogP contribution in [0.3, 0.4) is 0 Å². The number of aromatic carboxylic acids is 1. The number of anilines is 1. The molecule has 2 rings (SSSR count). The number of urea groups is 1. The molecule has 2 amide bonds. The Kier molecular flexibility index (Phi) is 4.83. The van der Waals surface area contributed by atoms with Gasteiger partial charge in [0.25, 0.3) is 0 Å². The smallest absolute Gasteiger partial charge is 0.336 e. The molecular weight excluding hydrogens is 268 g/mol. The third-order valence-electron chi connectivity index (χ3n) is 4.28. The van der Waals surface area contributed by atoms with Gasteiger partial charge < -0.3 is 15.7 Å². The minimum Gasteiger partial charge on any atom is -0.478 e. The van der Waals surface area contributed by atoms with Crippen LogP contribution in [0.4, 0.5) is 10.5 Å². The summed E-state index contributed by atoms with van der Waals surface area (Å²) in [4.78, 5) is 23.1. The van der Waals surface area contributed by atoms with E-state index in [1.54, 1.807) is 19.1 Å². The van der Waals surface area contributed by atoms with Gasteiger partial charge in [-0.15, -0.1) is 0 Å². The minimum atomic E-state index is -0.990. The van der Waals surface area contributed by atoms with Crippen molar-refractivity contribution >= 4 is 17.7 Å². The lowest BCUT2D eigenvalue weighted by molar-refractivity contribution is 0.0696. The molecule has 0 saturated heterocycles. The van der Waals surface area contributed by atoms with Crippen LogP contribution >= 0.6 is 0 Å². The van der Waals surface area contributed by atoms with E-state index in [2.05, 4.69) is 10.6 Å². The Morgan fingerprint density at radius 1 is 1.29 bits per heavy atom. The Labute approximate surface area is 124 Å². The first-order chi connectivity index (χ1) is 9.99. The lowest BCUT2D eigenvalue weighted by Gasteiger charge is -2.21. The molecule has 0 aliphatic heterocycles. The molecular formula is C16H22N2O3. The van der Waals surface area contributed by atoms with Gasteiger partial charge in [-0.1, -0.05) is 18.9 Å². The van der Waals surface area contributed by atoms with Gasteiger partial charge in [-0.25, -0.2) is 9.59 Å². The fraction of sp³-hybridized carbons (Fsp3) is 0.500. The molecule has 0 radical (unpaired) electrons. The SMILES string of the molecule is Cc1c(NC(=O)NC(C)C2CCCC2)cccc1C(=O)O. The van der Waals surface area contributed by atoms with Crippen molar-refractivity contribution in [3.8, 4) is 0 Å². The van der Waals surface area contributed by atoms with Gasteiger partial charge in [-0.05, 0) is 50.3 Å². The molecule has 1 fully saturated rings. The molecule has 3 N–H and O–H groups in total. The van der Waals surface area contributed by atoms with E-state index in [1.165, 1.54) is 18.9 Å². The molecule has 0 heterocycles. The minimum absolute atomic E-state index is 0.135. The molecule has 0 bridgehead atoms. The highest BCUT2D eigenvalue weighted by molar-refractivity contribution is 5.95. The first-order valence-electron chi connectivity index (χ1n) is 7.39. The van der Waals surface area contributed by atoms with Crippen molar-refractivity contribution in [3.05, 3.63) is 29.3 Å². The summed E-state index contributed by atoms with van der Waals surface area (Å²) >= 11 is 0. The van der Waals surface area contributed by atoms with Crippen LogP contribution < -0.4 is 10.6 Å². The Morgan fingerprint density at radius 3 is 2.57 bits per heavy atom. The Morgan fingerprint density at radius 2 is 1.95 bits per heavy atom. The maximum atomic E-state index is 12.0. The number of rotatable bonds is 4. The monoisotopic (exact) mass is 290 g/mol. The van der Waals surface area contributed by atoms with E-state index in [9.17, 15) is 9.59 Å². The second kappa shape index (κ2) is 6.61. The summed E-state index contributed by atoms with van der Waals surface area (Å²) in [6.45, 7) is 3.72. The van der Waals surface area contributed by atoms with Gasteiger partial charge in [-0.3, -0.25) is 0 Å². The zero-order chi connectivity index (χ0) is 15.4. The number of hydrogen-bond donors (Lipinski definition) is 3. The fourth-order valence-electron chi connectivity index (χ4n) is 2.94. The average Bonchev–Trinajstić information content (AvgIpc) is 2.94. The molecule has 21 heavy (non-hydrogen) atoms. The lowest BCUT2D eigenvalue weighted by Crippen LogP contribution is -2.40. The van der Waals surface area contributed by atoms with Crippen molar-refractivity contribution in [2.24, 2.45) is 5.92 Å². The molecule has 114 valence electrons. The molecule has 0 spiro atoms. The molecule has 1 unspecified atom stereocenters. The van der Waals surface area contributed by atoms with Crippen molar-refractivity contribution in [2.75, 3.05) is 5.32 Å². The number of amides is 2. The number of carboxylic acid groups (broad SMARTS) is 1. The van der Waals surface area contributed by atoms with Gasteiger partial charge in [0.05, 0.1) is 5.56 Å². The third-order valence-corrected chi connectivity index (χ3v) is 4.28. The second-order valence-corrected chi connectivity index (χ2v) is 5.71. The van der Waals surface area contributed by atoms with Gasteiger partial charge in [0.2, 0.25) is 0 Å². The zero-order valence-corrected chi connectivity index (χ0v) is 12.5. The standard InChI is InChI=1S/C16H22N2O3/c1-10-13(15(19)20)8-5-9-14(10)18-16(21)17-11(2)12-6-3-4-7-12/h5,8-9,11-12H,3-4,6-7H2,1-2H3,(H,19,20)(H2,17,18,21). The Balaban J connectivity index is 1.99. The molecule has 5 heteroatoms. The zero-order valence-electron chi connectivity index (χ0n) is 12.5. The van der Waals surface area contributed by atoms with Crippen LogP contribution in [0.2, 0.25) is 0 Å². The maximum absolute atomic E-state index is 12.0. The van der Waals surface area contributed by atoms with Crippen molar-refractivity contribution < 1.29 is 14.7 Å². The Hall–Kier alpha value is -2.04. The van der Waals surface area contributed by atoms with Gasteiger partial charge in [0.15, 0.2) is 0 Å². The van der Waals surface area contributed by atoms with Crippen LogP contribution in [-0.2, 0) is 0 Å². The maximum Gasteiger partial charge on any atom is 0.336 e.